The largest absolute Gasteiger partial charge is 0.489 e. The van der Waals surface area contributed by atoms with E-state index in [0.29, 0.717) is 18.1 Å². The van der Waals surface area contributed by atoms with E-state index in [1.165, 1.54) is 12.1 Å². The Morgan fingerprint density at radius 1 is 0.794 bits per heavy atom. The maximum Gasteiger partial charge on any atom is 0.416 e. The number of aryl methyl sites for hydroxylation is 1. The summed E-state index contributed by atoms with van der Waals surface area (Å²) in [7, 11) is 0. The molecule has 3 rings (SSSR count). The molecule has 5 nitrogen and oxygen atoms in total. The fraction of sp³-hybridized carbons (Fsp3) is 0.308. The molecule has 34 heavy (non-hydrogen) atoms. The summed E-state index contributed by atoms with van der Waals surface area (Å²) in [6.07, 6.45) is -4.01. The van der Waals surface area contributed by atoms with Crippen LogP contribution in [0.15, 0.2) is 72.8 Å². The molecule has 0 aliphatic heterocycles. The normalized spacial score (nSPS) is 11.9. The molecular formula is C26H28F3NO4. The van der Waals surface area contributed by atoms with Crippen molar-refractivity contribution in [2.45, 2.75) is 37.6 Å². The van der Waals surface area contributed by atoms with Gasteiger partial charge in [-0.2, -0.15) is 13.2 Å². The van der Waals surface area contributed by atoms with Crippen molar-refractivity contribution in [3.05, 3.63) is 89.5 Å². The van der Waals surface area contributed by atoms with Gasteiger partial charge in [0.25, 0.3) is 0 Å². The van der Waals surface area contributed by atoms with Gasteiger partial charge in [0.1, 0.15) is 23.9 Å². The second-order valence-electron chi connectivity index (χ2n) is 8.20. The van der Waals surface area contributed by atoms with Gasteiger partial charge in [0.15, 0.2) is 0 Å². The Balaban J connectivity index is 1.70. The van der Waals surface area contributed by atoms with Gasteiger partial charge in [-0.1, -0.05) is 42.5 Å². The molecule has 0 amide bonds. The van der Waals surface area contributed by atoms with E-state index in [9.17, 15) is 23.4 Å². The van der Waals surface area contributed by atoms with E-state index in [1.807, 2.05) is 30.3 Å². The van der Waals surface area contributed by atoms with Crippen molar-refractivity contribution >= 4 is 0 Å². The highest BCUT2D eigenvalue weighted by atomic mass is 19.4. The smallest absolute Gasteiger partial charge is 0.416 e. The van der Waals surface area contributed by atoms with Crippen LogP contribution in [0, 0.1) is 0 Å². The molecule has 0 radical (unpaired) electrons. The average molecular weight is 476 g/mol. The van der Waals surface area contributed by atoms with Gasteiger partial charge >= 0.3 is 6.18 Å². The lowest BCUT2D eigenvalue weighted by Crippen LogP contribution is -2.47. The third-order valence-corrected chi connectivity index (χ3v) is 5.43. The quantitative estimate of drug-likeness (QED) is 0.360. The molecule has 0 heterocycles. The standard InChI is InChI=1S/C26H28F3NO4/c27-26(28,29)24-15-23(12-11-20(24)8-5-13-25(30,17-31)18-32)34-22-10-4-9-21(14-22)33-16-19-6-2-1-3-7-19/h1-4,6-7,9-12,14-15,31-32H,5,8,13,16-18,30H2. The predicted molar refractivity (Wildman–Crippen MR) is 123 cm³/mol. The van der Waals surface area contributed by atoms with E-state index in [0.717, 1.165) is 11.6 Å². The van der Waals surface area contributed by atoms with Crippen LogP contribution in [0.3, 0.4) is 0 Å². The van der Waals surface area contributed by atoms with E-state index in [-0.39, 0.29) is 30.6 Å². The molecule has 0 atom stereocenters. The summed E-state index contributed by atoms with van der Waals surface area (Å²) in [6, 6.07) is 20.1. The van der Waals surface area contributed by atoms with Crippen LogP contribution in [0.4, 0.5) is 13.2 Å². The summed E-state index contributed by atoms with van der Waals surface area (Å²) >= 11 is 0. The number of hydrogen-bond donors (Lipinski definition) is 3. The molecule has 0 aromatic heterocycles. The number of benzene rings is 3. The molecule has 0 saturated heterocycles. The van der Waals surface area contributed by atoms with E-state index in [1.54, 1.807) is 24.3 Å². The minimum Gasteiger partial charge on any atom is -0.489 e. The minimum absolute atomic E-state index is 0.0511. The molecule has 0 saturated carbocycles. The number of aliphatic hydroxyl groups excluding tert-OH is 2. The third kappa shape index (κ3) is 7.21. The Kier molecular flexibility index (Phi) is 8.55. The number of aliphatic hydroxyl groups is 2. The Bertz CT molecular complexity index is 1050. The maximum atomic E-state index is 13.7. The molecular weight excluding hydrogens is 447 g/mol. The zero-order valence-electron chi connectivity index (χ0n) is 18.6. The second-order valence-corrected chi connectivity index (χ2v) is 8.20. The molecule has 0 aliphatic rings. The molecule has 0 bridgehead atoms. The van der Waals surface area contributed by atoms with Crippen molar-refractivity contribution < 1.29 is 32.9 Å². The Morgan fingerprint density at radius 3 is 2.15 bits per heavy atom. The number of rotatable bonds is 11. The van der Waals surface area contributed by atoms with E-state index in [4.69, 9.17) is 15.2 Å². The summed E-state index contributed by atoms with van der Waals surface area (Å²) in [6.45, 7) is -0.541. The van der Waals surface area contributed by atoms with E-state index < -0.39 is 30.5 Å². The predicted octanol–water partition coefficient (Wildman–Crippen LogP) is 5.08. The molecule has 0 spiro atoms. The lowest BCUT2D eigenvalue weighted by atomic mass is 9.93. The fourth-order valence-electron chi connectivity index (χ4n) is 3.44. The van der Waals surface area contributed by atoms with Crippen molar-refractivity contribution in [3.63, 3.8) is 0 Å². The van der Waals surface area contributed by atoms with Gasteiger partial charge in [-0.25, -0.2) is 0 Å². The molecule has 4 N–H and O–H groups in total. The first-order valence-electron chi connectivity index (χ1n) is 10.9. The lowest BCUT2D eigenvalue weighted by Gasteiger charge is -2.24. The zero-order valence-corrected chi connectivity index (χ0v) is 18.6. The van der Waals surface area contributed by atoms with Crippen LogP contribution in [0.5, 0.6) is 17.2 Å². The molecule has 0 fully saturated rings. The van der Waals surface area contributed by atoms with Gasteiger partial charge < -0.3 is 25.4 Å². The minimum atomic E-state index is -4.57. The topological polar surface area (TPSA) is 84.9 Å². The average Bonchev–Trinajstić information content (AvgIpc) is 2.83. The van der Waals surface area contributed by atoms with Crippen LogP contribution in [0.1, 0.15) is 29.5 Å². The Hall–Kier alpha value is -3.07. The highest BCUT2D eigenvalue weighted by Crippen LogP contribution is 2.36. The highest BCUT2D eigenvalue weighted by molar-refractivity contribution is 5.41. The lowest BCUT2D eigenvalue weighted by molar-refractivity contribution is -0.138. The Labute approximate surface area is 196 Å². The van der Waals surface area contributed by atoms with Crippen LogP contribution in [-0.4, -0.2) is 29.0 Å². The molecule has 3 aromatic rings. The van der Waals surface area contributed by atoms with Crippen molar-refractivity contribution in [3.8, 4) is 17.2 Å². The summed E-state index contributed by atoms with van der Waals surface area (Å²) in [5, 5.41) is 18.5. The summed E-state index contributed by atoms with van der Waals surface area (Å²) in [4.78, 5) is 0. The fourth-order valence-corrected chi connectivity index (χ4v) is 3.44. The van der Waals surface area contributed by atoms with Crippen LogP contribution < -0.4 is 15.2 Å². The number of hydrogen-bond acceptors (Lipinski definition) is 5. The first-order chi connectivity index (χ1) is 16.2. The van der Waals surface area contributed by atoms with Crippen molar-refractivity contribution in [2.24, 2.45) is 5.73 Å². The van der Waals surface area contributed by atoms with Crippen LogP contribution in [-0.2, 0) is 19.2 Å². The highest BCUT2D eigenvalue weighted by Gasteiger charge is 2.34. The molecule has 0 aliphatic carbocycles. The van der Waals surface area contributed by atoms with Crippen LogP contribution in [0.25, 0.3) is 0 Å². The molecule has 182 valence electrons. The van der Waals surface area contributed by atoms with Gasteiger partial charge in [-0.05, 0) is 54.7 Å². The third-order valence-electron chi connectivity index (χ3n) is 5.43. The van der Waals surface area contributed by atoms with E-state index >= 15 is 0 Å². The summed E-state index contributed by atoms with van der Waals surface area (Å²) in [5.41, 5.74) is 4.89. The SMILES string of the molecule is NC(CO)(CO)CCCc1ccc(Oc2cccc(OCc3ccccc3)c2)cc1C(F)(F)F. The van der Waals surface area contributed by atoms with Gasteiger partial charge in [-0.3, -0.25) is 0 Å². The van der Waals surface area contributed by atoms with Gasteiger partial charge in [-0.15, -0.1) is 0 Å². The summed E-state index contributed by atoms with van der Waals surface area (Å²) in [5.74, 6) is 0.937. The maximum absolute atomic E-state index is 13.7. The van der Waals surface area contributed by atoms with Crippen LogP contribution >= 0.6 is 0 Å². The number of ether oxygens (including phenoxy) is 2. The molecule has 0 unspecified atom stereocenters. The van der Waals surface area contributed by atoms with Crippen molar-refractivity contribution in [1.82, 2.24) is 0 Å². The molecule has 8 heteroatoms. The van der Waals surface area contributed by atoms with Gasteiger partial charge in [0.2, 0.25) is 0 Å². The number of alkyl halides is 3. The summed E-state index contributed by atoms with van der Waals surface area (Å²) < 4.78 is 52.6. The first-order valence-corrected chi connectivity index (χ1v) is 10.9. The monoisotopic (exact) mass is 475 g/mol. The zero-order chi connectivity index (χ0) is 24.6. The first kappa shape index (κ1) is 25.6. The van der Waals surface area contributed by atoms with E-state index in [2.05, 4.69) is 0 Å². The van der Waals surface area contributed by atoms with Crippen molar-refractivity contribution in [2.75, 3.05) is 13.2 Å². The van der Waals surface area contributed by atoms with Crippen LogP contribution in [0.2, 0.25) is 0 Å². The van der Waals surface area contributed by atoms with Gasteiger partial charge in [0, 0.05) is 6.07 Å². The number of nitrogens with two attached hydrogens (primary N) is 1. The Morgan fingerprint density at radius 2 is 1.47 bits per heavy atom. The second kappa shape index (κ2) is 11.4. The van der Waals surface area contributed by atoms with Gasteiger partial charge in [0.05, 0.1) is 24.3 Å². The molecule has 3 aromatic carbocycles. The van der Waals surface area contributed by atoms with Crippen molar-refractivity contribution in [1.29, 1.82) is 0 Å². The number of halogens is 3.